The summed E-state index contributed by atoms with van der Waals surface area (Å²) in [7, 11) is 0. The SMILES string of the molecule is C[C@@H]1CCCCN1CCCNC(=O)c1noc2c1CCc1sccc1-2. The van der Waals surface area contributed by atoms with Gasteiger partial charge in [-0.15, -0.1) is 11.3 Å². The molecule has 1 aliphatic heterocycles. The van der Waals surface area contributed by atoms with Crippen molar-refractivity contribution >= 4 is 17.2 Å². The second kappa shape index (κ2) is 7.30. The highest BCUT2D eigenvalue weighted by Crippen LogP contribution is 2.37. The highest BCUT2D eigenvalue weighted by atomic mass is 32.1. The van der Waals surface area contributed by atoms with Crippen LogP contribution in [0.1, 0.15) is 53.5 Å². The molecule has 1 aliphatic carbocycles. The molecule has 2 aromatic heterocycles. The molecule has 0 unspecified atom stereocenters. The number of nitrogens with one attached hydrogen (secondary N) is 1. The third-order valence-electron chi connectivity index (χ3n) is 5.44. The van der Waals surface area contributed by atoms with Gasteiger partial charge in [-0.25, -0.2) is 0 Å². The number of nitrogens with zero attached hydrogens (tertiary/aromatic N) is 2. The lowest BCUT2D eigenvalue weighted by atomic mass is 9.95. The molecule has 134 valence electrons. The molecule has 1 amide bonds. The van der Waals surface area contributed by atoms with Crippen LogP contribution in [-0.4, -0.2) is 41.6 Å². The average Bonchev–Trinajstić information content (AvgIpc) is 3.25. The molecule has 2 aliphatic rings. The Balaban J connectivity index is 1.32. The average molecular weight is 359 g/mol. The summed E-state index contributed by atoms with van der Waals surface area (Å²) in [4.78, 5) is 16.4. The molecule has 1 fully saturated rings. The number of carbonyl (C=O) groups is 1. The zero-order chi connectivity index (χ0) is 17.2. The molecule has 4 rings (SSSR count). The Hall–Kier alpha value is -1.66. The summed E-state index contributed by atoms with van der Waals surface area (Å²) in [5.74, 6) is 0.685. The van der Waals surface area contributed by atoms with Crippen molar-refractivity contribution in [3.05, 3.63) is 27.6 Å². The molecule has 3 heterocycles. The quantitative estimate of drug-likeness (QED) is 0.830. The van der Waals surface area contributed by atoms with Gasteiger partial charge >= 0.3 is 0 Å². The highest BCUT2D eigenvalue weighted by Gasteiger charge is 2.28. The van der Waals surface area contributed by atoms with Gasteiger partial charge in [0.1, 0.15) is 0 Å². The van der Waals surface area contributed by atoms with Crippen LogP contribution < -0.4 is 5.32 Å². The van der Waals surface area contributed by atoms with Crippen molar-refractivity contribution < 1.29 is 9.32 Å². The molecule has 2 aromatic rings. The van der Waals surface area contributed by atoms with E-state index in [0.717, 1.165) is 42.7 Å². The number of hydrogen-bond acceptors (Lipinski definition) is 5. The Labute approximate surface area is 152 Å². The molecule has 5 nitrogen and oxygen atoms in total. The third-order valence-corrected chi connectivity index (χ3v) is 6.42. The Morgan fingerprint density at radius 2 is 2.36 bits per heavy atom. The number of piperidine rings is 1. The van der Waals surface area contributed by atoms with Gasteiger partial charge in [-0.1, -0.05) is 11.6 Å². The minimum absolute atomic E-state index is 0.102. The van der Waals surface area contributed by atoms with E-state index in [0.29, 0.717) is 18.3 Å². The van der Waals surface area contributed by atoms with Gasteiger partial charge in [0, 0.05) is 35.1 Å². The summed E-state index contributed by atoms with van der Waals surface area (Å²) in [6.45, 7) is 5.23. The van der Waals surface area contributed by atoms with E-state index in [-0.39, 0.29) is 5.91 Å². The molecular formula is C19H25N3O2S. The lowest BCUT2D eigenvalue weighted by Gasteiger charge is -2.33. The maximum atomic E-state index is 12.5. The minimum Gasteiger partial charge on any atom is -0.355 e. The molecule has 0 aromatic carbocycles. The lowest BCUT2D eigenvalue weighted by Crippen LogP contribution is -2.39. The first-order chi connectivity index (χ1) is 12.2. The fourth-order valence-corrected chi connectivity index (χ4v) is 4.84. The molecular weight excluding hydrogens is 334 g/mol. The van der Waals surface area contributed by atoms with E-state index in [9.17, 15) is 4.79 Å². The predicted octanol–water partition coefficient (Wildman–Crippen LogP) is 3.50. The fourth-order valence-electron chi connectivity index (χ4n) is 3.96. The fraction of sp³-hybridized carbons (Fsp3) is 0.579. The van der Waals surface area contributed by atoms with Crippen LogP contribution >= 0.6 is 11.3 Å². The largest absolute Gasteiger partial charge is 0.355 e. The number of likely N-dealkylation sites (tertiary alicyclic amines) is 1. The highest BCUT2D eigenvalue weighted by molar-refractivity contribution is 7.10. The van der Waals surface area contributed by atoms with Gasteiger partial charge in [0.25, 0.3) is 5.91 Å². The van der Waals surface area contributed by atoms with Gasteiger partial charge in [-0.2, -0.15) is 0 Å². The van der Waals surface area contributed by atoms with E-state index in [1.165, 1.54) is 30.7 Å². The van der Waals surface area contributed by atoms with Crippen molar-refractivity contribution in [1.29, 1.82) is 0 Å². The maximum absolute atomic E-state index is 12.5. The minimum atomic E-state index is -0.102. The van der Waals surface area contributed by atoms with Crippen LogP contribution in [0.25, 0.3) is 11.3 Å². The predicted molar refractivity (Wildman–Crippen MR) is 99.1 cm³/mol. The zero-order valence-electron chi connectivity index (χ0n) is 14.7. The van der Waals surface area contributed by atoms with Crippen LogP contribution in [0.4, 0.5) is 0 Å². The molecule has 25 heavy (non-hydrogen) atoms. The molecule has 1 atom stereocenters. The van der Waals surface area contributed by atoms with Crippen molar-refractivity contribution in [2.75, 3.05) is 19.6 Å². The number of aromatic nitrogens is 1. The second-order valence-corrected chi connectivity index (χ2v) is 8.09. The summed E-state index contributed by atoms with van der Waals surface area (Å²) in [6.07, 6.45) is 6.71. The molecule has 0 saturated carbocycles. The second-order valence-electron chi connectivity index (χ2n) is 7.09. The topological polar surface area (TPSA) is 58.4 Å². The standard InChI is InChI=1S/C19H25N3O2S/c1-13-5-2-3-10-22(13)11-4-9-20-19(23)17-15-6-7-16-14(8-12-25-16)18(15)24-21-17/h8,12-13H,2-7,9-11H2,1H3,(H,20,23)/t13-/m1/s1. The van der Waals surface area contributed by atoms with E-state index in [1.54, 1.807) is 11.3 Å². The number of hydrogen-bond donors (Lipinski definition) is 1. The van der Waals surface area contributed by atoms with Gasteiger partial charge in [0.15, 0.2) is 11.5 Å². The van der Waals surface area contributed by atoms with E-state index in [2.05, 4.69) is 33.7 Å². The number of aryl methyl sites for hydroxylation is 1. The van der Waals surface area contributed by atoms with Gasteiger partial charge in [0.2, 0.25) is 0 Å². The smallest absolute Gasteiger partial charge is 0.273 e. The van der Waals surface area contributed by atoms with Crippen LogP contribution in [0.15, 0.2) is 16.0 Å². The number of amides is 1. The Bertz CT molecular complexity index is 752. The molecule has 1 saturated heterocycles. The maximum Gasteiger partial charge on any atom is 0.273 e. The van der Waals surface area contributed by atoms with E-state index >= 15 is 0 Å². The molecule has 0 bridgehead atoms. The molecule has 6 heteroatoms. The molecule has 0 spiro atoms. The van der Waals surface area contributed by atoms with Crippen LogP contribution in [0.2, 0.25) is 0 Å². The first-order valence-corrected chi connectivity index (χ1v) is 10.2. The monoisotopic (exact) mass is 359 g/mol. The first-order valence-electron chi connectivity index (χ1n) is 9.31. The van der Waals surface area contributed by atoms with E-state index < -0.39 is 0 Å². The summed E-state index contributed by atoms with van der Waals surface area (Å²) in [6, 6.07) is 2.73. The van der Waals surface area contributed by atoms with Crippen LogP contribution in [0.5, 0.6) is 0 Å². The first kappa shape index (κ1) is 16.8. The third kappa shape index (κ3) is 3.37. The van der Waals surface area contributed by atoms with Gasteiger partial charge in [0.05, 0.1) is 0 Å². The van der Waals surface area contributed by atoms with Gasteiger partial charge in [-0.05, 0) is 57.0 Å². The van der Waals surface area contributed by atoms with Crippen LogP contribution in [0, 0.1) is 0 Å². The van der Waals surface area contributed by atoms with Crippen molar-refractivity contribution in [3.63, 3.8) is 0 Å². The molecule has 1 N–H and O–H groups in total. The van der Waals surface area contributed by atoms with Crippen molar-refractivity contribution in [1.82, 2.24) is 15.4 Å². The zero-order valence-corrected chi connectivity index (χ0v) is 15.5. The van der Waals surface area contributed by atoms with E-state index in [4.69, 9.17) is 4.52 Å². The summed E-state index contributed by atoms with van der Waals surface area (Å²) < 4.78 is 5.50. The van der Waals surface area contributed by atoms with Crippen molar-refractivity contribution in [2.24, 2.45) is 0 Å². The van der Waals surface area contributed by atoms with E-state index in [1.807, 2.05) is 0 Å². The van der Waals surface area contributed by atoms with Crippen molar-refractivity contribution in [3.8, 4) is 11.3 Å². The number of carbonyl (C=O) groups excluding carboxylic acids is 1. The molecule has 0 radical (unpaired) electrons. The Kier molecular flexibility index (Phi) is 4.90. The van der Waals surface area contributed by atoms with Crippen LogP contribution in [0.3, 0.4) is 0 Å². The Morgan fingerprint density at radius 1 is 1.44 bits per heavy atom. The summed E-state index contributed by atoms with van der Waals surface area (Å²) >= 11 is 1.74. The number of fused-ring (bicyclic) bond motifs is 3. The van der Waals surface area contributed by atoms with Crippen LogP contribution in [-0.2, 0) is 12.8 Å². The normalized spacial score (nSPS) is 20.1. The van der Waals surface area contributed by atoms with Crippen molar-refractivity contribution in [2.45, 2.75) is 51.5 Å². The summed E-state index contributed by atoms with van der Waals surface area (Å²) in [5, 5.41) is 9.16. The van der Waals surface area contributed by atoms with Gasteiger partial charge in [-0.3, -0.25) is 4.79 Å². The number of thiophene rings is 1. The number of rotatable bonds is 5. The van der Waals surface area contributed by atoms with Gasteiger partial charge < -0.3 is 14.7 Å². The summed E-state index contributed by atoms with van der Waals surface area (Å²) in [5.41, 5.74) is 2.54. The lowest BCUT2D eigenvalue weighted by molar-refractivity contribution is 0.0939. The Morgan fingerprint density at radius 3 is 3.24 bits per heavy atom.